The molecule has 1 saturated heterocycles. The summed E-state index contributed by atoms with van der Waals surface area (Å²) >= 11 is 0. The number of amides is 1. The summed E-state index contributed by atoms with van der Waals surface area (Å²) < 4.78 is 32.8. The van der Waals surface area contributed by atoms with Crippen LogP contribution in [-0.4, -0.2) is 51.5 Å². The topological polar surface area (TPSA) is 75.7 Å². The molecular weight excluding hydrogens is 352 g/mol. The molecule has 1 aromatic carbocycles. The Morgan fingerprint density at radius 2 is 1.88 bits per heavy atom. The number of carbonyl (C=O) groups excluding carboxylic acids is 1. The van der Waals surface area contributed by atoms with Crippen molar-refractivity contribution >= 4 is 15.9 Å². The Hall–Kier alpha value is -1.44. The van der Waals surface area contributed by atoms with E-state index in [0.717, 1.165) is 19.3 Å². The van der Waals surface area contributed by atoms with Gasteiger partial charge in [0.15, 0.2) is 0 Å². The lowest BCUT2D eigenvalue weighted by molar-refractivity contribution is 0.0922. The molecule has 0 atom stereocenters. The zero-order valence-electron chi connectivity index (χ0n) is 15.7. The summed E-state index contributed by atoms with van der Waals surface area (Å²) in [7, 11) is -3.64. The molecule has 1 aromatic rings. The third-order valence-electron chi connectivity index (χ3n) is 4.27. The van der Waals surface area contributed by atoms with Gasteiger partial charge in [-0.3, -0.25) is 4.79 Å². The molecular formula is C19H30N2O4S. The number of benzene rings is 1. The molecule has 7 heteroatoms. The van der Waals surface area contributed by atoms with Crippen molar-refractivity contribution in [3.63, 3.8) is 0 Å². The monoisotopic (exact) mass is 382 g/mol. The molecule has 0 bridgehead atoms. The number of ether oxygens (including phenoxy) is 1. The first kappa shape index (κ1) is 20.9. The molecule has 0 aromatic heterocycles. The van der Waals surface area contributed by atoms with Crippen LogP contribution in [0.4, 0.5) is 0 Å². The van der Waals surface area contributed by atoms with Gasteiger partial charge in [-0.15, -0.1) is 0 Å². The molecule has 1 heterocycles. The maximum absolute atomic E-state index is 12.9. The lowest BCUT2D eigenvalue weighted by Gasteiger charge is -2.26. The number of hydrogen-bond acceptors (Lipinski definition) is 4. The highest BCUT2D eigenvalue weighted by molar-refractivity contribution is 7.89. The normalized spacial score (nSPS) is 16.0. The average Bonchev–Trinajstić information content (AvgIpc) is 2.65. The van der Waals surface area contributed by atoms with Crippen LogP contribution in [0, 0.1) is 5.92 Å². The van der Waals surface area contributed by atoms with Crippen molar-refractivity contribution in [2.75, 3.05) is 32.8 Å². The summed E-state index contributed by atoms with van der Waals surface area (Å²) in [6.45, 7) is 6.94. The SMILES string of the molecule is CC(C)COCCCNC(=O)c1ccccc1S(=O)(=O)N1CCCCC1. The molecule has 146 valence electrons. The van der Waals surface area contributed by atoms with Crippen molar-refractivity contribution in [1.29, 1.82) is 0 Å². The maximum Gasteiger partial charge on any atom is 0.252 e. The van der Waals surface area contributed by atoms with Crippen LogP contribution in [0.15, 0.2) is 29.2 Å². The van der Waals surface area contributed by atoms with Gasteiger partial charge in [0.2, 0.25) is 10.0 Å². The van der Waals surface area contributed by atoms with Gasteiger partial charge >= 0.3 is 0 Å². The van der Waals surface area contributed by atoms with Gasteiger partial charge < -0.3 is 10.1 Å². The Morgan fingerprint density at radius 1 is 1.19 bits per heavy atom. The van der Waals surface area contributed by atoms with E-state index in [-0.39, 0.29) is 16.4 Å². The van der Waals surface area contributed by atoms with E-state index in [1.807, 2.05) is 0 Å². The zero-order chi connectivity index (χ0) is 19.0. The molecule has 1 fully saturated rings. The van der Waals surface area contributed by atoms with Gasteiger partial charge in [0.05, 0.1) is 10.5 Å². The van der Waals surface area contributed by atoms with Gasteiger partial charge in [-0.1, -0.05) is 32.4 Å². The van der Waals surface area contributed by atoms with Crippen molar-refractivity contribution in [2.24, 2.45) is 5.92 Å². The first-order valence-electron chi connectivity index (χ1n) is 9.38. The highest BCUT2D eigenvalue weighted by atomic mass is 32.2. The van der Waals surface area contributed by atoms with Gasteiger partial charge in [0.1, 0.15) is 0 Å². The van der Waals surface area contributed by atoms with E-state index in [1.165, 1.54) is 10.4 Å². The Balaban J connectivity index is 1.98. The Morgan fingerprint density at radius 3 is 2.58 bits per heavy atom. The highest BCUT2D eigenvalue weighted by Gasteiger charge is 2.29. The van der Waals surface area contributed by atoms with Gasteiger partial charge in [0, 0.05) is 32.8 Å². The lowest BCUT2D eigenvalue weighted by Crippen LogP contribution is -2.37. The summed E-state index contributed by atoms with van der Waals surface area (Å²) in [6, 6.07) is 6.44. The second kappa shape index (κ2) is 10.0. The summed E-state index contributed by atoms with van der Waals surface area (Å²) in [5.74, 6) is 0.126. The third kappa shape index (κ3) is 5.79. The molecule has 1 aliphatic heterocycles. The molecule has 0 aliphatic carbocycles. The Bertz CT molecular complexity index is 683. The number of nitrogens with one attached hydrogen (secondary N) is 1. The number of nitrogens with zero attached hydrogens (tertiary/aromatic N) is 1. The zero-order valence-corrected chi connectivity index (χ0v) is 16.6. The van der Waals surface area contributed by atoms with Crippen molar-refractivity contribution in [3.05, 3.63) is 29.8 Å². The fourth-order valence-corrected chi connectivity index (χ4v) is 4.62. The van der Waals surface area contributed by atoms with Crippen molar-refractivity contribution in [1.82, 2.24) is 9.62 Å². The van der Waals surface area contributed by atoms with Crippen molar-refractivity contribution in [3.8, 4) is 0 Å². The second-order valence-corrected chi connectivity index (χ2v) is 8.95. The van der Waals surface area contributed by atoms with Crippen LogP contribution < -0.4 is 5.32 Å². The standard InChI is InChI=1S/C19H30N2O4S/c1-16(2)15-25-14-8-11-20-19(22)17-9-4-5-10-18(17)26(23,24)21-12-6-3-7-13-21/h4-5,9-10,16H,3,6-8,11-15H2,1-2H3,(H,20,22). The molecule has 0 spiro atoms. The summed E-state index contributed by atoms with van der Waals surface area (Å²) in [5, 5.41) is 2.80. The van der Waals surface area contributed by atoms with Crippen LogP contribution in [0.5, 0.6) is 0 Å². The van der Waals surface area contributed by atoms with Crippen LogP contribution >= 0.6 is 0 Å². The summed E-state index contributed by atoms with van der Waals surface area (Å²) in [4.78, 5) is 12.6. The fraction of sp³-hybridized carbons (Fsp3) is 0.632. The molecule has 1 N–H and O–H groups in total. The van der Waals surface area contributed by atoms with E-state index in [4.69, 9.17) is 4.74 Å². The van der Waals surface area contributed by atoms with E-state index in [1.54, 1.807) is 18.2 Å². The quantitative estimate of drug-likeness (QED) is 0.666. The first-order chi connectivity index (χ1) is 12.4. The van der Waals surface area contributed by atoms with Crippen LogP contribution in [0.3, 0.4) is 0 Å². The molecule has 2 rings (SSSR count). The van der Waals surface area contributed by atoms with E-state index in [2.05, 4.69) is 19.2 Å². The van der Waals surface area contributed by atoms with Crippen molar-refractivity contribution in [2.45, 2.75) is 44.4 Å². The minimum atomic E-state index is -3.64. The number of sulfonamides is 1. The van der Waals surface area contributed by atoms with Gasteiger partial charge in [0.25, 0.3) is 5.91 Å². The average molecular weight is 383 g/mol. The number of piperidine rings is 1. The van der Waals surface area contributed by atoms with Crippen LogP contribution in [0.25, 0.3) is 0 Å². The minimum absolute atomic E-state index is 0.0930. The molecule has 26 heavy (non-hydrogen) atoms. The van der Waals surface area contributed by atoms with Gasteiger partial charge in [-0.2, -0.15) is 4.31 Å². The van der Waals surface area contributed by atoms with Crippen LogP contribution in [-0.2, 0) is 14.8 Å². The lowest BCUT2D eigenvalue weighted by atomic mass is 10.2. The van der Waals surface area contributed by atoms with E-state index in [0.29, 0.717) is 45.2 Å². The number of carbonyl (C=O) groups is 1. The largest absolute Gasteiger partial charge is 0.381 e. The number of hydrogen-bond donors (Lipinski definition) is 1. The molecule has 0 unspecified atom stereocenters. The Kier molecular flexibility index (Phi) is 8.06. The van der Waals surface area contributed by atoms with E-state index in [9.17, 15) is 13.2 Å². The van der Waals surface area contributed by atoms with Crippen LogP contribution in [0.2, 0.25) is 0 Å². The first-order valence-corrected chi connectivity index (χ1v) is 10.8. The number of rotatable bonds is 9. The van der Waals surface area contributed by atoms with Gasteiger partial charge in [-0.25, -0.2) is 8.42 Å². The van der Waals surface area contributed by atoms with Gasteiger partial charge in [-0.05, 0) is 37.3 Å². The molecule has 6 nitrogen and oxygen atoms in total. The third-order valence-corrected chi connectivity index (χ3v) is 6.22. The smallest absolute Gasteiger partial charge is 0.252 e. The molecule has 1 aliphatic rings. The second-order valence-electron chi connectivity index (χ2n) is 7.04. The predicted octanol–water partition coefficient (Wildman–Crippen LogP) is 2.65. The molecule has 0 radical (unpaired) electrons. The Labute approximate surface area is 157 Å². The van der Waals surface area contributed by atoms with E-state index < -0.39 is 10.0 Å². The van der Waals surface area contributed by atoms with E-state index >= 15 is 0 Å². The molecule has 0 saturated carbocycles. The fourth-order valence-electron chi connectivity index (χ4n) is 2.91. The highest BCUT2D eigenvalue weighted by Crippen LogP contribution is 2.23. The minimum Gasteiger partial charge on any atom is -0.381 e. The summed E-state index contributed by atoms with van der Waals surface area (Å²) in [5.41, 5.74) is 0.209. The maximum atomic E-state index is 12.9. The van der Waals surface area contributed by atoms with Crippen molar-refractivity contribution < 1.29 is 17.9 Å². The summed E-state index contributed by atoms with van der Waals surface area (Å²) in [6.07, 6.45) is 3.47. The molecule has 1 amide bonds. The predicted molar refractivity (Wildman–Crippen MR) is 102 cm³/mol. The van der Waals surface area contributed by atoms with Crippen LogP contribution in [0.1, 0.15) is 49.9 Å².